The molecule has 0 radical (unpaired) electrons. The van der Waals surface area contributed by atoms with Gasteiger partial charge in [-0.2, -0.15) is 0 Å². The molecule has 0 N–H and O–H groups in total. The third-order valence-corrected chi connectivity index (χ3v) is 17.4. The van der Waals surface area contributed by atoms with Crippen molar-refractivity contribution in [3.05, 3.63) is 67.1 Å². The minimum absolute atomic E-state index is 0.00114. The number of amides is 2. The van der Waals surface area contributed by atoms with Gasteiger partial charge in [-0.25, -0.2) is 0 Å². The lowest BCUT2D eigenvalue weighted by Gasteiger charge is -2.28. The van der Waals surface area contributed by atoms with E-state index in [-0.39, 0.29) is 22.6 Å². The fourth-order valence-electron chi connectivity index (χ4n) is 8.40. The lowest BCUT2D eigenvalue weighted by molar-refractivity contribution is -0.124. The predicted molar refractivity (Wildman–Crippen MR) is 256 cm³/mol. The van der Waals surface area contributed by atoms with Gasteiger partial charge < -0.3 is 9.80 Å². The molecule has 0 aromatic carbocycles. The summed E-state index contributed by atoms with van der Waals surface area (Å²) in [7, 11) is 0. The molecule has 0 fully saturated rings. The van der Waals surface area contributed by atoms with Crippen molar-refractivity contribution in [2.24, 2.45) is 11.8 Å². The molecule has 2 atom stereocenters. The minimum atomic E-state index is -0.0217. The number of fused-ring (bicyclic) bond motifs is 2. The van der Waals surface area contributed by atoms with E-state index >= 15 is 9.59 Å². The second kappa shape index (κ2) is 19.5. The summed E-state index contributed by atoms with van der Waals surface area (Å²) < 4.78 is 2.67. The Morgan fingerprint density at radius 3 is 1.43 bits per heavy atom. The standard InChI is InChI=1S/C50H70N2O2S4/c1-11-13-15-17-19-21-23-33(3)31-51-45(36-26-25-35(55-36)38-29-39-40(56-38)30-42(58-39)50(8,9)10)43-44(48(51)54)46(37-27-28-41(57-37)49(5,6)7)52(47(43)53)32-34(4)24-22-20-18-16-14-12-2/h25-30,33-34H,11-24,31-32H2,1-10H3. The lowest BCUT2D eigenvalue weighted by Crippen LogP contribution is -2.33. The first-order valence-corrected chi connectivity index (χ1v) is 25.8. The van der Waals surface area contributed by atoms with Gasteiger partial charge in [-0.05, 0) is 71.9 Å². The zero-order valence-corrected chi connectivity index (χ0v) is 40.5. The van der Waals surface area contributed by atoms with Crippen LogP contribution < -0.4 is 0 Å². The highest BCUT2D eigenvalue weighted by molar-refractivity contribution is 7.31. The molecule has 2 amide bonds. The molecule has 2 unspecified atom stereocenters. The van der Waals surface area contributed by atoms with Crippen LogP contribution in [0, 0.1) is 11.8 Å². The highest BCUT2D eigenvalue weighted by atomic mass is 32.1. The third kappa shape index (κ3) is 10.3. The van der Waals surface area contributed by atoms with E-state index in [1.54, 1.807) is 22.7 Å². The van der Waals surface area contributed by atoms with Crippen molar-refractivity contribution in [3.8, 4) is 9.75 Å². The lowest BCUT2D eigenvalue weighted by atomic mass is 9.95. The second-order valence-electron chi connectivity index (χ2n) is 19.4. The molecule has 58 heavy (non-hydrogen) atoms. The zero-order chi connectivity index (χ0) is 41.8. The smallest absolute Gasteiger partial charge is 0.261 e. The van der Waals surface area contributed by atoms with Crippen LogP contribution in [0.15, 0.2) is 47.5 Å². The Bertz CT molecular complexity index is 2060. The average molecular weight is 859 g/mol. The highest BCUT2D eigenvalue weighted by Gasteiger charge is 2.50. The topological polar surface area (TPSA) is 40.6 Å². The van der Waals surface area contributed by atoms with Crippen LogP contribution in [0.5, 0.6) is 0 Å². The van der Waals surface area contributed by atoms with Crippen molar-refractivity contribution < 1.29 is 9.59 Å². The maximum absolute atomic E-state index is 15.1. The van der Waals surface area contributed by atoms with Gasteiger partial charge in [0.05, 0.1) is 32.3 Å². The first-order valence-electron chi connectivity index (χ1n) is 22.5. The molecular formula is C50H70N2O2S4. The average Bonchev–Trinajstić information content (AvgIpc) is 4.01. The number of rotatable bonds is 21. The van der Waals surface area contributed by atoms with Crippen LogP contribution in [0.25, 0.3) is 30.5 Å². The zero-order valence-electron chi connectivity index (χ0n) is 37.3. The molecule has 2 aliphatic heterocycles. The van der Waals surface area contributed by atoms with Crippen molar-refractivity contribution in [2.75, 3.05) is 13.1 Å². The van der Waals surface area contributed by atoms with Crippen molar-refractivity contribution in [1.82, 2.24) is 9.80 Å². The SMILES string of the molecule is CCCCCCCCC(C)CN1C(=O)C2=C(c3ccc(C(C)(C)C)s3)N(CC(C)CCCCCCCC)C(=O)C2=C1c1ccc(-c2cc3sc(C(C)(C)C)cc3s2)s1. The van der Waals surface area contributed by atoms with Crippen molar-refractivity contribution in [3.63, 3.8) is 0 Å². The molecule has 6 rings (SSSR count). The molecule has 0 bridgehead atoms. The van der Waals surface area contributed by atoms with E-state index in [0.717, 1.165) is 34.0 Å². The molecule has 8 heteroatoms. The number of carbonyl (C=O) groups excluding carboxylic acids is 2. The van der Waals surface area contributed by atoms with Gasteiger partial charge in [-0.3, -0.25) is 9.59 Å². The molecule has 316 valence electrons. The normalized spacial score (nSPS) is 16.2. The van der Waals surface area contributed by atoms with Gasteiger partial charge >= 0.3 is 0 Å². The number of carbonyl (C=O) groups is 2. The summed E-state index contributed by atoms with van der Waals surface area (Å²) in [5.74, 6) is 0.661. The Balaban J connectivity index is 1.38. The van der Waals surface area contributed by atoms with Crippen molar-refractivity contribution in [2.45, 2.75) is 170 Å². The summed E-state index contributed by atoms with van der Waals surface area (Å²) in [6.07, 6.45) is 17.3. The molecule has 0 spiro atoms. The molecule has 0 saturated carbocycles. The summed E-state index contributed by atoms with van der Waals surface area (Å²) in [5.41, 5.74) is 3.04. The Hall–Kier alpha value is -2.52. The van der Waals surface area contributed by atoms with Gasteiger partial charge in [0.2, 0.25) is 0 Å². The first-order chi connectivity index (χ1) is 27.6. The van der Waals surface area contributed by atoms with Crippen molar-refractivity contribution >= 4 is 78.0 Å². The van der Waals surface area contributed by atoms with E-state index in [0.29, 0.717) is 36.1 Å². The van der Waals surface area contributed by atoms with Gasteiger partial charge in [0.25, 0.3) is 11.8 Å². The second-order valence-corrected chi connectivity index (χ2v) is 23.7. The molecule has 4 aromatic rings. The van der Waals surface area contributed by atoms with Crippen LogP contribution >= 0.6 is 45.3 Å². The van der Waals surface area contributed by atoms with Gasteiger partial charge in [-0.1, -0.05) is 146 Å². The van der Waals surface area contributed by atoms with Gasteiger partial charge in [0.1, 0.15) is 0 Å². The fraction of sp³-hybridized carbons (Fsp3) is 0.600. The number of thiophene rings is 4. The number of nitrogens with zero attached hydrogens (tertiary/aromatic N) is 2. The van der Waals surface area contributed by atoms with Gasteiger partial charge in [0.15, 0.2) is 0 Å². The Kier molecular flexibility index (Phi) is 15.1. The van der Waals surface area contributed by atoms with Crippen LogP contribution in [0.3, 0.4) is 0 Å². The summed E-state index contributed by atoms with van der Waals surface area (Å²) in [6, 6.07) is 13.5. The summed E-state index contributed by atoms with van der Waals surface area (Å²) >= 11 is 7.23. The van der Waals surface area contributed by atoms with Crippen LogP contribution in [0.4, 0.5) is 0 Å². The Morgan fingerprint density at radius 1 is 0.500 bits per heavy atom. The first kappa shape index (κ1) is 45.0. The van der Waals surface area contributed by atoms with Crippen LogP contribution in [-0.2, 0) is 20.4 Å². The number of hydrogen-bond acceptors (Lipinski definition) is 6. The van der Waals surface area contributed by atoms with E-state index in [2.05, 4.69) is 106 Å². The number of unbranched alkanes of at least 4 members (excludes halogenated alkanes) is 10. The van der Waals surface area contributed by atoms with Crippen LogP contribution in [-0.4, -0.2) is 34.7 Å². The molecule has 4 aromatic heterocycles. The Labute approximate surface area is 366 Å². The monoisotopic (exact) mass is 858 g/mol. The number of hydrogen-bond donors (Lipinski definition) is 0. The van der Waals surface area contributed by atoms with Crippen LogP contribution in [0.2, 0.25) is 0 Å². The highest BCUT2D eigenvalue weighted by Crippen LogP contribution is 2.51. The van der Waals surface area contributed by atoms with Crippen LogP contribution in [0.1, 0.15) is 179 Å². The minimum Gasteiger partial charge on any atom is -0.306 e. The molecule has 2 aliphatic rings. The van der Waals surface area contributed by atoms with E-state index in [9.17, 15) is 0 Å². The maximum atomic E-state index is 15.1. The molecule has 0 saturated heterocycles. The van der Waals surface area contributed by atoms with E-state index < -0.39 is 0 Å². The summed E-state index contributed by atoms with van der Waals surface area (Å²) in [5, 5.41) is 0. The third-order valence-electron chi connectivity index (χ3n) is 11.9. The molecule has 0 aliphatic carbocycles. The quantitative estimate of drug-likeness (QED) is 0.0783. The van der Waals surface area contributed by atoms with E-state index in [1.807, 2.05) is 32.5 Å². The largest absolute Gasteiger partial charge is 0.306 e. The molecule has 4 nitrogen and oxygen atoms in total. The van der Waals surface area contributed by atoms with E-state index in [4.69, 9.17) is 0 Å². The van der Waals surface area contributed by atoms with Gasteiger partial charge in [-0.15, -0.1) is 45.3 Å². The molecule has 6 heterocycles. The summed E-state index contributed by atoms with van der Waals surface area (Å²) in [4.78, 5) is 41.5. The molecular weight excluding hydrogens is 789 g/mol. The predicted octanol–water partition coefficient (Wildman–Crippen LogP) is 15.9. The fourth-order valence-corrected chi connectivity index (χ4v) is 13.1. The summed E-state index contributed by atoms with van der Waals surface area (Å²) in [6.45, 7) is 23.9. The van der Waals surface area contributed by atoms with Gasteiger partial charge in [0, 0.05) is 42.0 Å². The van der Waals surface area contributed by atoms with E-state index in [1.165, 1.54) is 106 Å². The van der Waals surface area contributed by atoms with Crippen molar-refractivity contribution in [1.29, 1.82) is 0 Å². The maximum Gasteiger partial charge on any atom is 0.261 e. The Morgan fingerprint density at radius 2 is 0.948 bits per heavy atom.